The lowest BCUT2D eigenvalue weighted by Crippen LogP contribution is -2.30. The van der Waals surface area contributed by atoms with Gasteiger partial charge in [-0.05, 0) is 47.4 Å². The van der Waals surface area contributed by atoms with Crippen molar-refractivity contribution in [1.29, 1.82) is 0 Å². The molecule has 2 aromatic carbocycles. The number of ether oxygens (including phenoxy) is 1. The van der Waals surface area contributed by atoms with Gasteiger partial charge in [-0.2, -0.15) is 0 Å². The van der Waals surface area contributed by atoms with Crippen LogP contribution in [0.5, 0.6) is 5.75 Å². The minimum atomic E-state index is 0.167. The maximum Gasteiger partial charge on any atom is 0.231 e. The monoisotopic (exact) mass is 357 g/mol. The Morgan fingerprint density at radius 3 is 2.95 bits per heavy atom. The van der Waals surface area contributed by atoms with E-state index in [1.54, 1.807) is 0 Å². The number of halogens is 1. The molecule has 0 aliphatic carbocycles. The predicted octanol–water partition coefficient (Wildman–Crippen LogP) is 3.52. The fraction of sp³-hybridized carbons (Fsp3) is 0.278. The zero-order valence-corrected chi connectivity index (χ0v) is 13.7. The van der Waals surface area contributed by atoms with E-state index in [1.165, 1.54) is 11.1 Å². The number of anilines is 1. The normalized spacial score (nSPS) is 15.4. The van der Waals surface area contributed by atoms with E-state index in [9.17, 15) is 4.79 Å². The summed E-state index contributed by atoms with van der Waals surface area (Å²) in [6.45, 7) is 1.53. The van der Waals surface area contributed by atoms with Crippen molar-refractivity contribution < 1.29 is 9.53 Å². The molecule has 3 nitrogen and oxygen atoms in total. The first-order valence-electron chi connectivity index (χ1n) is 7.54. The van der Waals surface area contributed by atoms with Crippen molar-refractivity contribution in [2.45, 2.75) is 19.3 Å². The first-order chi connectivity index (χ1) is 10.7. The summed E-state index contributed by atoms with van der Waals surface area (Å²) in [4.78, 5) is 14.6. The molecule has 0 saturated heterocycles. The lowest BCUT2D eigenvalue weighted by molar-refractivity contribution is -0.117. The lowest BCUT2D eigenvalue weighted by atomic mass is 10.1. The summed E-state index contributed by atoms with van der Waals surface area (Å²) in [6, 6.07) is 12.2. The Labute approximate surface area is 138 Å². The number of amides is 1. The molecule has 1 amide bonds. The smallest absolute Gasteiger partial charge is 0.231 e. The van der Waals surface area contributed by atoms with Gasteiger partial charge < -0.3 is 9.64 Å². The molecule has 0 saturated carbocycles. The number of fused-ring (bicyclic) bond motifs is 2. The van der Waals surface area contributed by atoms with E-state index in [4.69, 9.17) is 4.74 Å². The molecule has 4 heteroatoms. The van der Waals surface area contributed by atoms with E-state index in [0.29, 0.717) is 6.42 Å². The van der Waals surface area contributed by atoms with Gasteiger partial charge in [0, 0.05) is 23.1 Å². The van der Waals surface area contributed by atoms with Gasteiger partial charge in [-0.1, -0.05) is 28.1 Å². The Morgan fingerprint density at radius 2 is 2.05 bits per heavy atom. The van der Waals surface area contributed by atoms with Crippen LogP contribution in [0.15, 0.2) is 40.9 Å². The standard InChI is InChI=1S/C18H16BrNO2/c19-15-2-3-16-13(11-15)5-7-20(16)18(21)10-12-1-4-17-14(9-12)6-8-22-17/h1-4,9,11H,5-8,10H2. The highest BCUT2D eigenvalue weighted by molar-refractivity contribution is 9.10. The third kappa shape index (κ3) is 2.41. The van der Waals surface area contributed by atoms with Crippen LogP contribution in [0.25, 0.3) is 0 Å². The van der Waals surface area contributed by atoms with Crippen molar-refractivity contribution in [3.05, 3.63) is 57.6 Å². The summed E-state index contributed by atoms with van der Waals surface area (Å²) in [5.41, 5.74) is 4.58. The number of benzene rings is 2. The number of hydrogen-bond acceptors (Lipinski definition) is 2. The summed E-state index contributed by atoms with van der Waals surface area (Å²) >= 11 is 3.49. The molecule has 0 spiro atoms. The highest BCUT2D eigenvalue weighted by atomic mass is 79.9. The van der Waals surface area contributed by atoms with Crippen molar-refractivity contribution in [2.24, 2.45) is 0 Å². The van der Waals surface area contributed by atoms with E-state index in [1.807, 2.05) is 29.2 Å². The average molecular weight is 358 g/mol. The number of nitrogens with zero attached hydrogens (tertiary/aromatic N) is 1. The van der Waals surface area contributed by atoms with E-state index in [2.05, 4.69) is 28.1 Å². The fourth-order valence-electron chi connectivity index (χ4n) is 3.25. The molecular formula is C18H16BrNO2. The topological polar surface area (TPSA) is 29.5 Å². The molecule has 2 aliphatic heterocycles. The number of rotatable bonds is 2. The van der Waals surface area contributed by atoms with Crippen LogP contribution in [-0.4, -0.2) is 19.1 Å². The molecule has 0 unspecified atom stereocenters. The second-order valence-electron chi connectivity index (χ2n) is 5.79. The first-order valence-corrected chi connectivity index (χ1v) is 8.33. The molecule has 112 valence electrons. The molecule has 4 rings (SSSR count). The van der Waals surface area contributed by atoms with E-state index in [0.717, 1.165) is 47.5 Å². The highest BCUT2D eigenvalue weighted by Gasteiger charge is 2.25. The Hall–Kier alpha value is -1.81. The molecule has 2 heterocycles. The van der Waals surface area contributed by atoms with Crippen LogP contribution in [0.4, 0.5) is 5.69 Å². The summed E-state index contributed by atoms with van der Waals surface area (Å²) < 4.78 is 6.58. The van der Waals surface area contributed by atoms with Gasteiger partial charge in [-0.15, -0.1) is 0 Å². The molecule has 22 heavy (non-hydrogen) atoms. The Balaban J connectivity index is 1.54. The predicted molar refractivity (Wildman–Crippen MR) is 89.5 cm³/mol. The molecule has 0 N–H and O–H groups in total. The van der Waals surface area contributed by atoms with Gasteiger partial charge >= 0.3 is 0 Å². The van der Waals surface area contributed by atoms with Crippen LogP contribution >= 0.6 is 15.9 Å². The van der Waals surface area contributed by atoms with Crippen LogP contribution in [0.2, 0.25) is 0 Å². The van der Waals surface area contributed by atoms with Crippen LogP contribution in [0.3, 0.4) is 0 Å². The number of carbonyl (C=O) groups is 1. The molecule has 2 aliphatic rings. The average Bonchev–Trinajstić information content (AvgIpc) is 3.12. The van der Waals surface area contributed by atoms with Gasteiger partial charge in [0.05, 0.1) is 13.0 Å². The minimum Gasteiger partial charge on any atom is -0.493 e. The van der Waals surface area contributed by atoms with Gasteiger partial charge in [0.25, 0.3) is 0 Å². The summed E-state index contributed by atoms with van der Waals surface area (Å²) in [6.07, 6.45) is 2.32. The first kappa shape index (κ1) is 13.8. The quantitative estimate of drug-likeness (QED) is 0.822. The fourth-order valence-corrected chi connectivity index (χ4v) is 3.66. The molecular weight excluding hydrogens is 342 g/mol. The Bertz CT molecular complexity index is 757. The third-order valence-electron chi connectivity index (χ3n) is 4.35. The van der Waals surface area contributed by atoms with E-state index in [-0.39, 0.29) is 5.91 Å². The van der Waals surface area contributed by atoms with Gasteiger partial charge in [0.2, 0.25) is 5.91 Å². The molecule has 0 atom stereocenters. The second kappa shape index (κ2) is 5.43. The molecule has 0 aromatic heterocycles. The van der Waals surface area contributed by atoms with Crippen LogP contribution in [-0.2, 0) is 24.1 Å². The van der Waals surface area contributed by atoms with Crippen molar-refractivity contribution in [2.75, 3.05) is 18.1 Å². The SMILES string of the molecule is O=C(Cc1ccc2c(c1)CCO2)N1CCc2cc(Br)ccc21. The Kier molecular flexibility index (Phi) is 3.41. The summed E-state index contributed by atoms with van der Waals surface area (Å²) in [7, 11) is 0. The van der Waals surface area contributed by atoms with Gasteiger partial charge in [0.15, 0.2) is 0 Å². The largest absolute Gasteiger partial charge is 0.493 e. The minimum absolute atomic E-state index is 0.167. The molecule has 2 aromatic rings. The third-order valence-corrected chi connectivity index (χ3v) is 4.84. The van der Waals surface area contributed by atoms with Crippen molar-refractivity contribution >= 4 is 27.5 Å². The van der Waals surface area contributed by atoms with Gasteiger partial charge in [-0.25, -0.2) is 0 Å². The lowest BCUT2D eigenvalue weighted by Gasteiger charge is -2.17. The van der Waals surface area contributed by atoms with Crippen molar-refractivity contribution in [3.63, 3.8) is 0 Å². The summed E-state index contributed by atoms with van der Waals surface area (Å²) in [5.74, 6) is 1.13. The van der Waals surface area contributed by atoms with E-state index < -0.39 is 0 Å². The van der Waals surface area contributed by atoms with Crippen molar-refractivity contribution in [3.8, 4) is 5.75 Å². The molecule has 0 fully saturated rings. The zero-order valence-electron chi connectivity index (χ0n) is 12.1. The maximum absolute atomic E-state index is 12.6. The van der Waals surface area contributed by atoms with E-state index >= 15 is 0 Å². The molecule has 0 bridgehead atoms. The van der Waals surface area contributed by atoms with Crippen molar-refractivity contribution in [1.82, 2.24) is 0 Å². The van der Waals surface area contributed by atoms with Crippen LogP contribution < -0.4 is 9.64 Å². The number of carbonyl (C=O) groups excluding carboxylic acids is 1. The second-order valence-corrected chi connectivity index (χ2v) is 6.70. The number of hydrogen-bond donors (Lipinski definition) is 0. The maximum atomic E-state index is 12.6. The van der Waals surface area contributed by atoms with Crippen LogP contribution in [0, 0.1) is 0 Å². The van der Waals surface area contributed by atoms with Gasteiger partial charge in [-0.3, -0.25) is 4.79 Å². The molecule has 0 radical (unpaired) electrons. The highest BCUT2D eigenvalue weighted by Crippen LogP contribution is 2.31. The summed E-state index contributed by atoms with van der Waals surface area (Å²) in [5, 5.41) is 0. The zero-order chi connectivity index (χ0) is 15.1. The van der Waals surface area contributed by atoms with Gasteiger partial charge in [0.1, 0.15) is 5.75 Å². The van der Waals surface area contributed by atoms with Crippen LogP contribution in [0.1, 0.15) is 16.7 Å². The Morgan fingerprint density at radius 1 is 1.14 bits per heavy atom.